The minimum Gasteiger partial charge on any atom is -0.481 e. The van der Waals surface area contributed by atoms with E-state index in [-0.39, 0.29) is 26.1 Å². The number of carbonyl (C=O) groups excluding carboxylic acids is 3. The summed E-state index contributed by atoms with van der Waals surface area (Å²) in [6.07, 6.45) is -0.754. The maximum Gasteiger partial charge on any atom is 0.347 e. The van der Waals surface area contributed by atoms with E-state index in [2.05, 4.69) is 16.1 Å². The van der Waals surface area contributed by atoms with E-state index < -0.39 is 30.0 Å². The Bertz CT molecular complexity index is 387. The van der Waals surface area contributed by atoms with Crippen LogP contribution in [0.15, 0.2) is 12.7 Å². The van der Waals surface area contributed by atoms with Gasteiger partial charge in [0.25, 0.3) is 0 Å². The van der Waals surface area contributed by atoms with E-state index in [1.807, 2.05) is 0 Å². The van der Waals surface area contributed by atoms with Crippen LogP contribution in [0.25, 0.3) is 0 Å². The van der Waals surface area contributed by atoms with Gasteiger partial charge in [0.1, 0.15) is 13.2 Å². The predicted molar refractivity (Wildman–Crippen MR) is 64.5 cm³/mol. The monoisotopic (exact) mass is 288 g/mol. The van der Waals surface area contributed by atoms with E-state index in [1.165, 1.54) is 6.92 Å². The molecule has 1 atom stereocenters. The van der Waals surface area contributed by atoms with Crippen molar-refractivity contribution in [2.75, 3.05) is 13.2 Å². The fourth-order valence-corrected chi connectivity index (χ4v) is 0.954. The maximum absolute atomic E-state index is 11.3. The van der Waals surface area contributed by atoms with E-state index in [0.717, 1.165) is 6.08 Å². The molecule has 0 amide bonds. The Morgan fingerprint density at radius 3 is 2.30 bits per heavy atom. The Kier molecular flexibility index (Phi) is 8.40. The van der Waals surface area contributed by atoms with Gasteiger partial charge in [-0.2, -0.15) is 0 Å². The van der Waals surface area contributed by atoms with Gasteiger partial charge in [-0.3, -0.25) is 9.59 Å². The first-order valence-electron chi connectivity index (χ1n) is 5.74. The van der Waals surface area contributed by atoms with Crippen molar-refractivity contribution in [2.45, 2.75) is 25.9 Å². The third kappa shape index (κ3) is 8.67. The first kappa shape index (κ1) is 17.6. The molecule has 1 unspecified atom stereocenters. The Morgan fingerprint density at radius 1 is 1.15 bits per heavy atom. The highest BCUT2D eigenvalue weighted by Crippen LogP contribution is 1.99. The second kappa shape index (κ2) is 9.54. The molecule has 8 nitrogen and oxygen atoms in total. The van der Waals surface area contributed by atoms with Gasteiger partial charge in [0.2, 0.25) is 0 Å². The Morgan fingerprint density at radius 2 is 1.75 bits per heavy atom. The van der Waals surface area contributed by atoms with Gasteiger partial charge in [-0.25, -0.2) is 9.59 Å². The number of esters is 3. The quantitative estimate of drug-likeness (QED) is 0.359. The van der Waals surface area contributed by atoms with Crippen molar-refractivity contribution in [3.05, 3.63) is 12.7 Å². The molecule has 0 aliphatic carbocycles. The molecule has 0 rings (SSSR count). The van der Waals surface area contributed by atoms with Crippen molar-refractivity contribution in [1.82, 2.24) is 0 Å². The zero-order valence-electron chi connectivity index (χ0n) is 11.0. The van der Waals surface area contributed by atoms with Gasteiger partial charge < -0.3 is 19.3 Å². The van der Waals surface area contributed by atoms with Crippen LogP contribution in [0.4, 0.5) is 0 Å². The van der Waals surface area contributed by atoms with Gasteiger partial charge in [0.05, 0.1) is 12.8 Å². The van der Waals surface area contributed by atoms with Crippen molar-refractivity contribution in [3.8, 4) is 0 Å². The first-order chi connectivity index (χ1) is 9.36. The van der Waals surface area contributed by atoms with Crippen LogP contribution in [0.1, 0.15) is 19.8 Å². The van der Waals surface area contributed by atoms with Crippen LogP contribution >= 0.6 is 0 Å². The molecule has 0 fully saturated rings. The van der Waals surface area contributed by atoms with E-state index in [1.54, 1.807) is 0 Å². The second-order valence-corrected chi connectivity index (χ2v) is 3.56. The lowest BCUT2D eigenvalue weighted by Gasteiger charge is -2.12. The van der Waals surface area contributed by atoms with E-state index in [9.17, 15) is 19.2 Å². The maximum atomic E-state index is 11.3. The summed E-state index contributed by atoms with van der Waals surface area (Å²) in [6, 6.07) is 0. The van der Waals surface area contributed by atoms with Crippen LogP contribution in [0.3, 0.4) is 0 Å². The molecule has 1 N–H and O–H groups in total. The minimum absolute atomic E-state index is 0.190. The van der Waals surface area contributed by atoms with Crippen molar-refractivity contribution in [2.24, 2.45) is 0 Å². The van der Waals surface area contributed by atoms with E-state index in [0.29, 0.717) is 0 Å². The lowest BCUT2D eigenvalue weighted by Crippen LogP contribution is -2.27. The Hall–Kier alpha value is -2.38. The summed E-state index contributed by atoms with van der Waals surface area (Å²) in [5.74, 6) is -3.36. The van der Waals surface area contributed by atoms with Gasteiger partial charge in [-0.15, -0.1) is 0 Å². The van der Waals surface area contributed by atoms with E-state index >= 15 is 0 Å². The van der Waals surface area contributed by atoms with Crippen molar-refractivity contribution < 1.29 is 38.5 Å². The molecule has 0 spiro atoms. The number of carbonyl (C=O) groups is 4. The van der Waals surface area contributed by atoms with Crippen LogP contribution in [0, 0.1) is 0 Å². The standard InChI is InChI=1S/C12H16O8/c1-3-10(15)18-7-5-11(16)20-8(2)12(17)19-6-4-9(13)14/h3,8H,1,4-7H2,2H3,(H,13,14). The van der Waals surface area contributed by atoms with Crippen molar-refractivity contribution >= 4 is 23.9 Å². The Labute approximate surface area is 115 Å². The van der Waals surface area contributed by atoms with Crippen molar-refractivity contribution in [1.29, 1.82) is 0 Å². The average molecular weight is 288 g/mol. The van der Waals surface area contributed by atoms with Crippen LogP contribution in [-0.4, -0.2) is 48.3 Å². The molecule has 0 radical (unpaired) electrons. The molecule has 0 heterocycles. The molecule has 0 aromatic carbocycles. The van der Waals surface area contributed by atoms with Crippen LogP contribution in [-0.2, 0) is 33.4 Å². The van der Waals surface area contributed by atoms with Crippen molar-refractivity contribution in [3.63, 3.8) is 0 Å². The zero-order valence-corrected chi connectivity index (χ0v) is 11.0. The molecular weight excluding hydrogens is 272 g/mol. The molecule has 8 heteroatoms. The molecule has 0 bridgehead atoms. The zero-order chi connectivity index (χ0) is 15.5. The predicted octanol–water partition coefficient (Wildman–Crippen LogP) is 0.0553. The van der Waals surface area contributed by atoms with Crippen LogP contribution < -0.4 is 0 Å². The summed E-state index contributed by atoms with van der Waals surface area (Å²) in [5.41, 5.74) is 0. The van der Waals surface area contributed by atoms with Gasteiger partial charge in [-0.05, 0) is 6.92 Å². The molecule has 0 aliphatic heterocycles. The molecule has 0 aliphatic rings. The summed E-state index contributed by atoms with van der Waals surface area (Å²) in [5, 5.41) is 8.35. The highest BCUT2D eigenvalue weighted by molar-refractivity contribution is 5.82. The summed E-state index contributed by atoms with van der Waals surface area (Å²) in [7, 11) is 0. The molecular formula is C12H16O8. The smallest absolute Gasteiger partial charge is 0.347 e. The van der Waals surface area contributed by atoms with Crippen LogP contribution in [0.5, 0.6) is 0 Å². The van der Waals surface area contributed by atoms with Gasteiger partial charge in [-0.1, -0.05) is 6.58 Å². The molecule has 0 saturated carbocycles. The third-order valence-electron chi connectivity index (χ3n) is 1.92. The first-order valence-corrected chi connectivity index (χ1v) is 5.74. The number of carboxylic acids is 1. The topological polar surface area (TPSA) is 116 Å². The lowest BCUT2D eigenvalue weighted by molar-refractivity contribution is -0.168. The van der Waals surface area contributed by atoms with Gasteiger partial charge in [0, 0.05) is 6.08 Å². The van der Waals surface area contributed by atoms with Gasteiger partial charge >= 0.3 is 23.9 Å². The summed E-state index contributed by atoms with van der Waals surface area (Å²) in [4.78, 5) is 43.4. The highest BCUT2D eigenvalue weighted by Gasteiger charge is 2.19. The second-order valence-electron chi connectivity index (χ2n) is 3.56. The number of rotatable bonds is 9. The number of hydrogen-bond acceptors (Lipinski definition) is 7. The fourth-order valence-electron chi connectivity index (χ4n) is 0.954. The summed E-state index contributed by atoms with van der Waals surface area (Å²) < 4.78 is 13.8. The molecule has 112 valence electrons. The number of hydrogen-bond donors (Lipinski definition) is 1. The minimum atomic E-state index is -1.16. The molecule has 0 aromatic rings. The SMILES string of the molecule is C=CC(=O)OCCC(=O)OC(C)C(=O)OCCC(=O)O. The van der Waals surface area contributed by atoms with E-state index in [4.69, 9.17) is 9.84 Å². The number of carboxylic acid groups (broad SMARTS) is 1. The molecule has 0 aromatic heterocycles. The molecule has 0 saturated heterocycles. The van der Waals surface area contributed by atoms with Crippen LogP contribution in [0.2, 0.25) is 0 Å². The third-order valence-corrected chi connectivity index (χ3v) is 1.92. The summed E-state index contributed by atoms with van der Waals surface area (Å²) in [6.45, 7) is 3.98. The number of ether oxygens (including phenoxy) is 3. The fraction of sp³-hybridized carbons (Fsp3) is 0.500. The normalized spacial score (nSPS) is 11.1. The number of aliphatic carboxylic acids is 1. The largest absolute Gasteiger partial charge is 0.481 e. The highest BCUT2D eigenvalue weighted by atomic mass is 16.6. The summed E-state index contributed by atoms with van der Waals surface area (Å²) >= 11 is 0. The molecule has 20 heavy (non-hydrogen) atoms. The Balaban J connectivity index is 3.87. The van der Waals surface area contributed by atoms with Gasteiger partial charge in [0.15, 0.2) is 6.10 Å². The lowest BCUT2D eigenvalue weighted by atomic mass is 10.4. The average Bonchev–Trinajstić information content (AvgIpc) is 2.37.